The molecule has 1 heterocycles. The van der Waals surface area contributed by atoms with Gasteiger partial charge in [-0.2, -0.15) is 0 Å². The summed E-state index contributed by atoms with van der Waals surface area (Å²) in [5, 5.41) is 4.30. The van der Waals surface area contributed by atoms with Gasteiger partial charge in [0.05, 0.1) is 26.6 Å². The van der Waals surface area contributed by atoms with E-state index in [2.05, 4.69) is 20.0 Å². The minimum atomic E-state index is -1.54. The molecular formula is C20H14Cl2N4OS. The third-order valence-corrected chi connectivity index (χ3v) is 5.58. The first-order valence-electron chi connectivity index (χ1n) is 8.32. The molecule has 2 N–H and O–H groups in total. The van der Waals surface area contributed by atoms with Crippen molar-refractivity contribution in [1.82, 2.24) is 9.97 Å². The molecule has 0 aliphatic rings. The normalized spacial score (nSPS) is 11.9. The van der Waals surface area contributed by atoms with Crippen molar-refractivity contribution in [3.05, 3.63) is 82.8 Å². The lowest BCUT2D eigenvalue weighted by Crippen LogP contribution is -2.10. The molecular weight excluding hydrogens is 415 g/mol. The Morgan fingerprint density at radius 1 is 0.750 bits per heavy atom. The number of para-hydroxylation sites is 3. The molecule has 3 aromatic carbocycles. The Balaban J connectivity index is 1.73. The van der Waals surface area contributed by atoms with Crippen LogP contribution in [0.3, 0.4) is 0 Å². The fourth-order valence-corrected chi connectivity index (χ4v) is 3.68. The first-order chi connectivity index (χ1) is 13.6. The summed E-state index contributed by atoms with van der Waals surface area (Å²) in [4.78, 5) is 9.78. The van der Waals surface area contributed by atoms with Crippen molar-refractivity contribution in [2.24, 2.45) is 0 Å². The molecule has 0 aliphatic carbocycles. The van der Waals surface area contributed by atoms with Crippen LogP contribution in [-0.2, 0) is 11.0 Å². The van der Waals surface area contributed by atoms with Gasteiger partial charge in [0, 0.05) is 5.02 Å². The van der Waals surface area contributed by atoms with Gasteiger partial charge in [0.25, 0.3) is 0 Å². The van der Waals surface area contributed by atoms with Gasteiger partial charge in [0.2, 0.25) is 0 Å². The van der Waals surface area contributed by atoms with Gasteiger partial charge in [-0.1, -0.05) is 47.5 Å². The summed E-state index contributed by atoms with van der Waals surface area (Å²) in [6.45, 7) is 0. The highest BCUT2D eigenvalue weighted by atomic mass is 35.5. The number of nitrogens with one attached hydrogen (secondary N) is 2. The van der Waals surface area contributed by atoms with Crippen LogP contribution in [0.2, 0.25) is 10.0 Å². The zero-order valence-electron chi connectivity index (χ0n) is 14.4. The predicted octanol–water partition coefficient (Wildman–Crippen LogP) is 5.81. The van der Waals surface area contributed by atoms with Gasteiger partial charge in [0.1, 0.15) is 0 Å². The van der Waals surface area contributed by atoms with Gasteiger partial charge >= 0.3 is 0 Å². The van der Waals surface area contributed by atoms with Crippen molar-refractivity contribution >= 4 is 62.5 Å². The van der Waals surface area contributed by atoms with Gasteiger partial charge < -0.3 is 5.32 Å². The van der Waals surface area contributed by atoms with Gasteiger partial charge in [-0.3, -0.25) is 4.72 Å². The highest BCUT2D eigenvalue weighted by Crippen LogP contribution is 2.29. The van der Waals surface area contributed by atoms with Crippen LogP contribution >= 0.6 is 23.2 Å². The number of benzene rings is 3. The van der Waals surface area contributed by atoms with E-state index in [1.165, 1.54) is 0 Å². The van der Waals surface area contributed by atoms with Gasteiger partial charge in [-0.25, -0.2) is 14.2 Å². The van der Waals surface area contributed by atoms with Crippen molar-refractivity contribution < 1.29 is 4.21 Å². The van der Waals surface area contributed by atoms with Crippen molar-refractivity contribution in [3.63, 3.8) is 0 Å². The molecule has 1 aromatic heterocycles. The molecule has 0 aliphatic heterocycles. The first-order valence-corrected chi connectivity index (χ1v) is 10.2. The van der Waals surface area contributed by atoms with Crippen LogP contribution in [0.15, 0.2) is 77.7 Å². The minimum absolute atomic E-state index is 0.354. The third kappa shape index (κ3) is 4.09. The van der Waals surface area contributed by atoms with Crippen molar-refractivity contribution in [3.8, 4) is 0 Å². The summed E-state index contributed by atoms with van der Waals surface area (Å²) < 4.78 is 15.7. The topological polar surface area (TPSA) is 66.9 Å². The van der Waals surface area contributed by atoms with Crippen molar-refractivity contribution in [2.45, 2.75) is 4.90 Å². The van der Waals surface area contributed by atoms with E-state index in [1.54, 1.807) is 30.3 Å². The Bertz CT molecular complexity index is 1170. The van der Waals surface area contributed by atoms with E-state index in [4.69, 9.17) is 23.2 Å². The van der Waals surface area contributed by atoms with E-state index in [1.807, 2.05) is 42.5 Å². The first kappa shape index (κ1) is 18.7. The number of rotatable bonds is 5. The van der Waals surface area contributed by atoms with E-state index in [-0.39, 0.29) is 0 Å². The maximum atomic E-state index is 12.8. The molecule has 0 radical (unpaired) electrons. The predicted molar refractivity (Wildman–Crippen MR) is 116 cm³/mol. The van der Waals surface area contributed by atoms with Crippen LogP contribution in [0.25, 0.3) is 11.0 Å². The van der Waals surface area contributed by atoms with E-state index >= 15 is 0 Å². The Labute approximate surface area is 174 Å². The molecule has 1 unspecified atom stereocenters. The minimum Gasteiger partial charge on any atom is -0.336 e. The fraction of sp³-hybridized carbons (Fsp3) is 0. The van der Waals surface area contributed by atoms with Gasteiger partial charge in [-0.05, 0) is 48.5 Å². The van der Waals surface area contributed by atoms with Crippen LogP contribution in [0.1, 0.15) is 0 Å². The molecule has 0 saturated carbocycles. The average Bonchev–Trinajstić information content (AvgIpc) is 2.70. The second kappa shape index (κ2) is 8.14. The van der Waals surface area contributed by atoms with E-state index in [0.29, 0.717) is 43.3 Å². The number of nitrogens with zero attached hydrogens (tertiary/aromatic N) is 2. The molecule has 0 saturated heterocycles. The Kier molecular flexibility index (Phi) is 5.43. The molecule has 140 valence electrons. The smallest absolute Gasteiger partial charge is 0.182 e. The van der Waals surface area contributed by atoms with E-state index in [9.17, 15) is 4.21 Å². The van der Waals surface area contributed by atoms with Crippen molar-refractivity contribution in [2.75, 3.05) is 10.0 Å². The molecule has 0 fully saturated rings. The molecule has 1 atom stereocenters. The fourth-order valence-electron chi connectivity index (χ4n) is 2.55. The zero-order valence-corrected chi connectivity index (χ0v) is 16.7. The number of aromatic nitrogens is 2. The number of hydrogen-bond donors (Lipinski definition) is 2. The number of hydrogen-bond acceptors (Lipinski definition) is 4. The van der Waals surface area contributed by atoms with Crippen LogP contribution in [0.5, 0.6) is 0 Å². The Morgan fingerprint density at radius 3 is 2.04 bits per heavy atom. The molecule has 8 heteroatoms. The molecule has 4 rings (SSSR count). The lowest BCUT2D eigenvalue weighted by Gasteiger charge is -2.14. The summed E-state index contributed by atoms with van der Waals surface area (Å²) in [6, 6.07) is 21.5. The summed E-state index contributed by atoms with van der Waals surface area (Å²) in [6.07, 6.45) is 0. The quantitative estimate of drug-likeness (QED) is 0.420. The maximum Gasteiger partial charge on any atom is 0.182 e. The van der Waals surface area contributed by atoms with Crippen LogP contribution in [0.4, 0.5) is 17.3 Å². The molecule has 4 aromatic rings. The van der Waals surface area contributed by atoms with E-state index < -0.39 is 11.0 Å². The second-order valence-corrected chi connectivity index (χ2v) is 7.90. The Hall–Kier alpha value is -2.67. The number of anilines is 3. The van der Waals surface area contributed by atoms with E-state index in [0.717, 1.165) is 0 Å². The third-order valence-electron chi connectivity index (χ3n) is 3.91. The second-order valence-electron chi connectivity index (χ2n) is 5.84. The monoisotopic (exact) mass is 428 g/mol. The Morgan fingerprint density at radius 2 is 1.36 bits per heavy atom. The molecule has 0 spiro atoms. The summed E-state index contributed by atoms with van der Waals surface area (Å²) >= 11 is 12.2. The summed E-state index contributed by atoms with van der Waals surface area (Å²) in [5.74, 6) is 0.779. The maximum absolute atomic E-state index is 12.8. The van der Waals surface area contributed by atoms with Gasteiger partial charge in [-0.15, -0.1) is 0 Å². The number of halogens is 2. The highest BCUT2D eigenvalue weighted by molar-refractivity contribution is 7.86. The molecule has 5 nitrogen and oxygen atoms in total. The summed E-state index contributed by atoms with van der Waals surface area (Å²) in [7, 11) is -1.54. The lowest BCUT2D eigenvalue weighted by atomic mass is 10.3. The molecule has 28 heavy (non-hydrogen) atoms. The van der Waals surface area contributed by atoms with Crippen LogP contribution < -0.4 is 10.0 Å². The standard InChI is InChI=1S/C20H14Cl2N4OS/c21-13-9-11-14(12-10-13)28(27)26-20-19(23-16-6-2-1-5-15(16)22)24-17-7-3-4-8-18(17)25-20/h1-12H,(H,23,24)(H,25,26). The van der Waals surface area contributed by atoms with Gasteiger partial charge in [0.15, 0.2) is 22.6 Å². The number of fused-ring (bicyclic) bond motifs is 1. The highest BCUT2D eigenvalue weighted by Gasteiger charge is 2.14. The lowest BCUT2D eigenvalue weighted by molar-refractivity contribution is 0.686. The zero-order chi connectivity index (χ0) is 19.5. The largest absolute Gasteiger partial charge is 0.336 e. The van der Waals surface area contributed by atoms with Crippen molar-refractivity contribution in [1.29, 1.82) is 0 Å². The van der Waals surface area contributed by atoms with Crippen LogP contribution in [-0.4, -0.2) is 14.2 Å². The SMILES string of the molecule is O=S(Nc1nc2ccccc2nc1Nc1ccccc1Cl)c1ccc(Cl)cc1. The molecule has 0 amide bonds. The van der Waals surface area contributed by atoms with Crippen LogP contribution in [0, 0.1) is 0 Å². The summed E-state index contributed by atoms with van der Waals surface area (Å²) in [5.41, 5.74) is 2.07. The average molecular weight is 429 g/mol. The molecule has 0 bridgehead atoms.